The summed E-state index contributed by atoms with van der Waals surface area (Å²) in [6.07, 6.45) is 3.64. The lowest BCUT2D eigenvalue weighted by Crippen LogP contribution is -2.00. The van der Waals surface area contributed by atoms with Gasteiger partial charge in [0.15, 0.2) is 0 Å². The van der Waals surface area contributed by atoms with Gasteiger partial charge in [0, 0.05) is 12.4 Å². The number of hydrogen-bond donors (Lipinski definition) is 0. The van der Waals surface area contributed by atoms with Crippen LogP contribution >= 0.6 is 0 Å². The number of benzene rings is 2. The number of aromatic nitrogens is 1. The zero-order valence-electron chi connectivity index (χ0n) is 13.5. The molecule has 0 fully saturated rings. The highest BCUT2D eigenvalue weighted by molar-refractivity contribution is 5.77. The summed E-state index contributed by atoms with van der Waals surface area (Å²) in [6.45, 7) is 4.22. The molecule has 0 aliphatic rings. The van der Waals surface area contributed by atoms with Crippen molar-refractivity contribution >= 4 is 6.21 Å². The number of aliphatic imine (C=N–C) groups is 1. The highest BCUT2D eigenvalue weighted by Gasteiger charge is 2.12. The lowest BCUT2D eigenvalue weighted by molar-refractivity contribution is 0.874. The van der Waals surface area contributed by atoms with Crippen LogP contribution in [0.1, 0.15) is 34.0 Å². The summed E-state index contributed by atoms with van der Waals surface area (Å²) in [6, 6.07) is 22.9. The molecule has 2 aromatic carbocycles. The molecule has 1 heterocycles. The van der Waals surface area contributed by atoms with Gasteiger partial charge >= 0.3 is 0 Å². The van der Waals surface area contributed by atoms with E-state index in [2.05, 4.69) is 67.4 Å². The molecule has 0 aliphatic heterocycles. The van der Waals surface area contributed by atoms with Crippen molar-refractivity contribution in [3.8, 4) is 0 Å². The van der Waals surface area contributed by atoms with E-state index in [-0.39, 0.29) is 6.04 Å². The molecule has 3 aromatic rings. The van der Waals surface area contributed by atoms with Crippen LogP contribution in [-0.4, -0.2) is 11.2 Å². The minimum absolute atomic E-state index is 0.0168. The average Bonchev–Trinajstić information content (AvgIpc) is 2.56. The highest BCUT2D eigenvalue weighted by atomic mass is 14.8. The molecule has 0 unspecified atom stereocenters. The maximum atomic E-state index is 4.83. The van der Waals surface area contributed by atoms with Gasteiger partial charge in [-0.05, 0) is 37.1 Å². The Bertz CT molecular complexity index is 761. The zero-order chi connectivity index (χ0) is 16.1. The third-order valence-electron chi connectivity index (χ3n) is 3.76. The van der Waals surface area contributed by atoms with E-state index in [1.807, 2.05) is 24.4 Å². The molecule has 0 atom stereocenters. The Morgan fingerprint density at radius 3 is 2.00 bits per heavy atom. The van der Waals surface area contributed by atoms with Gasteiger partial charge in [-0.1, -0.05) is 65.7 Å². The summed E-state index contributed by atoms with van der Waals surface area (Å²) in [4.78, 5) is 9.15. The Morgan fingerprint density at radius 2 is 1.48 bits per heavy atom. The maximum absolute atomic E-state index is 4.83. The monoisotopic (exact) mass is 300 g/mol. The Kier molecular flexibility index (Phi) is 4.62. The molecule has 0 radical (unpaired) electrons. The van der Waals surface area contributed by atoms with E-state index in [1.54, 1.807) is 6.20 Å². The molecule has 0 aliphatic carbocycles. The van der Waals surface area contributed by atoms with Crippen LogP contribution in [0.5, 0.6) is 0 Å². The first kappa shape index (κ1) is 15.2. The smallest absolute Gasteiger partial charge is 0.100 e. The highest BCUT2D eigenvalue weighted by Crippen LogP contribution is 2.27. The zero-order valence-corrected chi connectivity index (χ0v) is 13.5. The molecule has 114 valence electrons. The first-order chi connectivity index (χ1) is 11.2. The molecule has 2 heteroatoms. The minimum atomic E-state index is -0.0168. The molecular weight excluding hydrogens is 280 g/mol. The largest absolute Gasteiger partial charge is 0.278 e. The number of nitrogens with zero attached hydrogens (tertiary/aromatic N) is 2. The van der Waals surface area contributed by atoms with Gasteiger partial charge in [0.25, 0.3) is 0 Å². The standard InChI is InChI=1S/C21H20N2/c1-16-7-5-9-18(13-16)21(19-10-6-8-17(2)14-19)23-15-20-11-3-4-12-22-20/h3-15,21H,1-2H3. The van der Waals surface area contributed by atoms with Crippen LogP contribution in [0, 0.1) is 13.8 Å². The van der Waals surface area contributed by atoms with Gasteiger partial charge in [-0.2, -0.15) is 0 Å². The summed E-state index contributed by atoms with van der Waals surface area (Å²) in [5, 5.41) is 0. The predicted octanol–water partition coefficient (Wildman–Crippen LogP) is 4.91. The first-order valence-electron chi connectivity index (χ1n) is 7.80. The second-order valence-electron chi connectivity index (χ2n) is 5.76. The van der Waals surface area contributed by atoms with Crippen LogP contribution in [0.15, 0.2) is 77.9 Å². The number of rotatable bonds is 4. The molecular formula is C21H20N2. The Morgan fingerprint density at radius 1 is 0.826 bits per heavy atom. The fourth-order valence-corrected chi connectivity index (χ4v) is 2.65. The van der Waals surface area contributed by atoms with Gasteiger partial charge in [-0.15, -0.1) is 0 Å². The van der Waals surface area contributed by atoms with Crippen LogP contribution in [0.3, 0.4) is 0 Å². The topological polar surface area (TPSA) is 25.2 Å². The van der Waals surface area contributed by atoms with Crippen molar-refractivity contribution in [3.63, 3.8) is 0 Å². The molecule has 1 aromatic heterocycles. The van der Waals surface area contributed by atoms with E-state index in [0.717, 1.165) is 5.69 Å². The second-order valence-corrected chi connectivity index (χ2v) is 5.76. The number of hydrogen-bond acceptors (Lipinski definition) is 2. The van der Waals surface area contributed by atoms with E-state index in [4.69, 9.17) is 4.99 Å². The van der Waals surface area contributed by atoms with Crippen molar-refractivity contribution in [1.82, 2.24) is 4.98 Å². The molecule has 0 N–H and O–H groups in total. The third-order valence-corrected chi connectivity index (χ3v) is 3.76. The fourth-order valence-electron chi connectivity index (χ4n) is 2.65. The second kappa shape index (κ2) is 7.01. The minimum Gasteiger partial charge on any atom is -0.278 e. The van der Waals surface area contributed by atoms with Crippen LogP contribution in [0.4, 0.5) is 0 Å². The molecule has 0 spiro atoms. The molecule has 0 saturated carbocycles. The third kappa shape index (κ3) is 3.92. The van der Waals surface area contributed by atoms with Gasteiger partial charge in [-0.3, -0.25) is 9.98 Å². The fraction of sp³-hybridized carbons (Fsp3) is 0.143. The van der Waals surface area contributed by atoms with Crippen LogP contribution in [0.25, 0.3) is 0 Å². The predicted molar refractivity (Wildman–Crippen MR) is 96.0 cm³/mol. The molecule has 0 amide bonds. The lowest BCUT2D eigenvalue weighted by Gasteiger charge is -2.15. The van der Waals surface area contributed by atoms with E-state index in [0.29, 0.717) is 0 Å². The summed E-state index contributed by atoms with van der Waals surface area (Å²) in [5.74, 6) is 0. The average molecular weight is 300 g/mol. The van der Waals surface area contributed by atoms with Gasteiger partial charge in [-0.25, -0.2) is 0 Å². The summed E-state index contributed by atoms with van der Waals surface area (Å²) in [7, 11) is 0. The molecule has 23 heavy (non-hydrogen) atoms. The van der Waals surface area contributed by atoms with Crippen molar-refractivity contribution in [2.75, 3.05) is 0 Å². The van der Waals surface area contributed by atoms with Crippen LogP contribution in [0.2, 0.25) is 0 Å². The van der Waals surface area contributed by atoms with E-state index < -0.39 is 0 Å². The normalized spacial score (nSPS) is 11.3. The van der Waals surface area contributed by atoms with Gasteiger partial charge in [0.2, 0.25) is 0 Å². The lowest BCUT2D eigenvalue weighted by atomic mass is 9.96. The summed E-state index contributed by atoms with van der Waals surface area (Å²) < 4.78 is 0. The SMILES string of the molecule is Cc1cccc(C(N=Cc2ccccn2)c2cccc(C)c2)c1. The van der Waals surface area contributed by atoms with Crippen molar-refractivity contribution in [2.45, 2.75) is 19.9 Å². The summed E-state index contributed by atoms with van der Waals surface area (Å²) in [5.41, 5.74) is 5.75. The van der Waals surface area contributed by atoms with Crippen molar-refractivity contribution in [3.05, 3.63) is 101 Å². The van der Waals surface area contributed by atoms with E-state index in [9.17, 15) is 0 Å². The Balaban J connectivity index is 2.01. The summed E-state index contributed by atoms with van der Waals surface area (Å²) >= 11 is 0. The van der Waals surface area contributed by atoms with Gasteiger partial charge in [0.05, 0.1) is 5.69 Å². The van der Waals surface area contributed by atoms with E-state index in [1.165, 1.54) is 22.3 Å². The quantitative estimate of drug-likeness (QED) is 0.629. The number of pyridine rings is 1. The number of aryl methyl sites for hydroxylation is 2. The van der Waals surface area contributed by atoms with Crippen LogP contribution < -0.4 is 0 Å². The molecule has 0 saturated heterocycles. The Hall–Kier alpha value is -2.74. The molecule has 3 rings (SSSR count). The maximum Gasteiger partial charge on any atom is 0.100 e. The molecule has 0 bridgehead atoms. The Labute approximate surface area is 137 Å². The van der Waals surface area contributed by atoms with Crippen LogP contribution in [-0.2, 0) is 0 Å². The van der Waals surface area contributed by atoms with Gasteiger partial charge < -0.3 is 0 Å². The van der Waals surface area contributed by atoms with Crippen molar-refractivity contribution in [2.24, 2.45) is 4.99 Å². The van der Waals surface area contributed by atoms with E-state index >= 15 is 0 Å². The first-order valence-corrected chi connectivity index (χ1v) is 7.80. The van der Waals surface area contributed by atoms with Gasteiger partial charge in [0.1, 0.15) is 6.04 Å². The molecule has 2 nitrogen and oxygen atoms in total. The van der Waals surface area contributed by atoms with Crippen molar-refractivity contribution < 1.29 is 0 Å². The van der Waals surface area contributed by atoms with Crippen molar-refractivity contribution in [1.29, 1.82) is 0 Å².